The van der Waals surface area contributed by atoms with Crippen molar-refractivity contribution in [3.63, 3.8) is 0 Å². The van der Waals surface area contributed by atoms with Crippen molar-refractivity contribution < 1.29 is 14.0 Å². The standard InChI is InChI=1S/C33H35FN4O2/c34-25-9-7-24(8-10-25)31-29-6-3-13-36(29)27-4-1-2-5-28(27)38(31)30(39)20-37(26-11-12-26)32(40)35-33-17-21-14-22(18-33)16-23(15-21)19-33/h1-10,13,21-23,26,31H,11-12,14-20H2,(H,35,40). The van der Waals surface area contributed by atoms with Gasteiger partial charge in [0.1, 0.15) is 18.4 Å². The fourth-order valence-corrected chi connectivity index (χ4v) is 8.76. The highest BCUT2D eigenvalue weighted by Gasteiger charge is 2.52. The van der Waals surface area contributed by atoms with E-state index in [4.69, 9.17) is 0 Å². The lowest BCUT2D eigenvalue weighted by Gasteiger charge is -2.57. The molecule has 0 radical (unpaired) electrons. The van der Waals surface area contributed by atoms with E-state index in [1.54, 1.807) is 17.0 Å². The van der Waals surface area contributed by atoms with E-state index in [1.807, 2.05) is 47.5 Å². The Morgan fingerprint density at radius 3 is 2.17 bits per heavy atom. The Balaban J connectivity index is 1.11. The van der Waals surface area contributed by atoms with Gasteiger partial charge in [-0.15, -0.1) is 0 Å². The molecular weight excluding hydrogens is 503 g/mol. The lowest BCUT2D eigenvalue weighted by atomic mass is 9.53. The molecule has 3 amide bonds. The zero-order valence-electron chi connectivity index (χ0n) is 22.6. The summed E-state index contributed by atoms with van der Waals surface area (Å²) in [5, 5.41) is 3.50. The number of para-hydroxylation sites is 2. The van der Waals surface area contributed by atoms with Crippen LogP contribution >= 0.6 is 0 Å². The molecule has 6 aliphatic rings. The first-order valence-electron chi connectivity index (χ1n) is 14.9. The molecule has 5 aliphatic carbocycles. The molecule has 206 valence electrons. The van der Waals surface area contributed by atoms with Gasteiger partial charge >= 0.3 is 6.03 Å². The molecule has 1 aromatic heterocycles. The molecule has 5 fully saturated rings. The summed E-state index contributed by atoms with van der Waals surface area (Å²) in [5.74, 6) is 1.77. The normalized spacial score (nSPS) is 29.6. The van der Waals surface area contributed by atoms with Gasteiger partial charge in [0.2, 0.25) is 5.91 Å². The molecule has 40 heavy (non-hydrogen) atoms. The van der Waals surface area contributed by atoms with Crippen molar-refractivity contribution in [1.82, 2.24) is 14.8 Å². The quantitative estimate of drug-likeness (QED) is 0.421. The summed E-state index contributed by atoms with van der Waals surface area (Å²) >= 11 is 0. The highest BCUT2D eigenvalue weighted by atomic mass is 19.1. The van der Waals surface area contributed by atoms with Crippen LogP contribution in [0.15, 0.2) is 66.9 Å². The Labute approximate surface area is 234 Å². The van der Waals surface area contributed by atoms with E-state index in [-0.39, 0.29) is 35.9 Å². The summed E-state index contributed by atoms with van der Waals surface area (Å²) in [4.78, 5) is 31.9. The minimum absolute atomic E-state index is 0.0234. The van der Waals surface area contributed by atoms with E-state index in [1.165, 1.54) is 31.4 Å². The van der Waals surface area contributed by atoms with Crippen molar-refractivity contribution in [2.24, 2.45) is 17.8 Å². The van der Waals surface area contributed by atoms with E-state index in [9.17, 15) is 14.0 Å². The number of nitrogens with zero attached hydrogens (tertiary/aromatic N) is 3. The van der Waals surface area contributed by atoms with Crippen molar-refractivity contribution >= 4 is 17.6 Å². The fourth-order valence-electron chi connectivity index (χ4n) is 8.76. The van der Waals surface area contributed by atoms with Crippen LogP contribution in [0.5, 0.6) is 0 Å². The second-order valence-corrected chi connectivity index (χ2v) is 13.0. The molecular formula is C33H35FN4O2. The third-order valence-corrected chi connectivity index (χ3v) is 10.1. The number of hydrogen-bond acceptors (Lipinski definition) is 2. The summed E-state index contributed by atoms with van der Waals surface area (Å²) in [7, 11) is 0. The van der Waals surface area contributed by atoms with Crippen LogP contribution < -0.4 is 10.2 Å². The average molecular weight is 539 g/mol. The number of fused-ring (bicyclic) bond motifs is 3. The van der Waals surface area contributed by atoms with Gasteiger partial charge in [-0.1, -0.05) is 24.3 Å². The Bertz CT molecular complexity index is 1440. The number of halogens is 1. The summed E-state index contributed by atoms with van der Waals surface area (Å²) < 4.78 is 16.0. The Kier molecular flexibility index (Phi) is 5.42. The van der Waals surface area contributed by atoms with Crippen LogP contribution in [0.2, 0.25) is 0 Å². The van der Waals surface area contributed by atoms with Gasteiger partial charge in [0, 0.05) is 17.8 Å². The van der Waals surface area contributed by atoms with Crippen molar-refractivity contribution in [2.75, 3.05) is 11.4 Å². The van der Waals surface area contributed by atoms with Crippen molar-refractivity contribution in [2.45, 2.75) is 69.0 Å². The van der Waals surface area contributed by atoms with Gasteiger partial charge in [0.05, 0.1) is 17.1 Å². The molecule has 6 nitrogen and oxygen atoms in total. The Morgan fingerprint density at radius 1 is 0.875 bits per heavy atom. The predicted molar refractivity (Wildman–Crippen MR) is 151 cm³/mol. The molecule has 2 aromatic carbocycles. The van der Waals surface area contributed by atoms with Crippen LogP contribution in [-0.4, -0.2) is 39.5 Å². The zero-order valence-corrected chi connectivity index (χ0v) is 22.6. The fraction of sp³-hybridized carbons (Fsp3) is 0.455. The minimum atomic E-state index is -0.426. The van der Waals surface area contributed by atoms with E-state index in [0.29, 0.717) is 0 Å². The summed E-state index contributed by atoms with van der Waals surface area (Å²) in [5.41, 5.74) is 3.39. The number of anilines is 1. The Morgan fingerprint density at radius 2 is 1.52 bits per heavy atom. The lowest BCUT2D eigenvalue weighted by Crippen LogP contribution is -2.62. The number of hydrogen-bond donors (Lipinski definition) is 1. The SMILES string of the molecule is O=C(NC12CC3CC(CC(C3)C1)C2)N(CC(=O)N1c2ccccc2-n2cccc2C1c1ccc(F)cc1)C1CC1. The number of benzene rings is 2. The predicted octanol–water partition coefficient (Wildman–Crippen LogP) is 6.20. The minimum Gasteiger partial charge on any atom is -0.333 e. The van der Waals surface area contributed by atoms with Gasteiger partial charge in [-0.2, -0.15) is 0 Å². The van der Waals surface area contributed by atoms with Gasteiger partial charge in [0.15, 0.2) is 0 Å². The molecule has 5 saturated carbocycles. The number of aromatic nitrogens is 1. The van der Waals surface area contributed by atoms with E-state index < -0.39 is 6.04 Å². The highest BCUT2D eigenvalue weighted by Crippen LogP contribution is 2.55. The number of carbonyl (C=O) groups excluding carboxylic acids is 2. The van der Waals surface area contributed by atoms with Crippen molar-refractivity contribution in [3.05, 3.63) is 83.9 Å². The third kappa shape index (κ3) is 3.96. The first-order valence-corrected chi connectivity index (χ1v) is 14.9. The first-order chi connectivity index (χ1) is 19.5. The van der Waals surface area contributed by atoms with Gasteiger partial charge in [0.25, 0.3) is 0 Å². The van der Waals surface area contributed by atoms with E-state index in [2.05, 4.69) is 9.88 Å². The molecule has 1 aliphatic heterocycles. The number of nitrogens with one attached hydrogen (secondary N) is 1. The Hall–Kier alpha value is -3.61. The average Bonchev–Trinajstić information content (AvgIpc) is 3.65. The largest absolute Gasteiger partial charge is 0.333 e. The number of rotatable bonds is 5. The second-order valence-electron chi connectivity index (χ2n) is 13.0. The van der Waals surface area contributed by atoms with Crippen LogP contribution in [0.1, 0.15) is 68.7 Å². The molecule has 0 spiro atoms. The van der Waals surface area contributed by atoms with Crippen molar-refractivity contribution in [1.29, 1.82) is 0 Å². The van der Waals surface area contributed by atoms with E-state index >= 15 is 0 Å². The smallest absolute Gasteiger partial charge is 0.318 e. The van der Waals surface area contributed by atoms with Crippen LogP contribution in [0.4, 0.5) is 14.9 Å². The zero-order chi connectivity index (χ0) is 27.0. The summed E-state index contributed by atoms with van der Waals surface area (Å²) in [6.45, 7) is 0.0234. The number of urea groups is 1. The van der Waals surface area contributed by atoms with Gasteiger partial charge in [-0.05, 0) is 111 Å². The number of amides is 3. The number of carbonyl (C=O) groups is 2. The maximum Gasteiger partial charge on any atom is 0.318 e. The summed E-state index contributed by atoms with van der Waals surface area (Å²) in [6.07, 6.45) is 11.1. The first kappa shape index (κ1) is 24.2. The lowest BCUT2D eigenvalue weighted by molar-refractivity contribution is -0.119. The molecule has 1 N–H and O–H groups in total. The molecule has 4 bridgehead atoms. The van der Waals surface area contributed by atoms with E-state index in [0.717, 1.165) is 72.5 Å². The van der Waals surface area contributed by atoms with Crippen molar-refractivity contribution in [3.8, 4) is 5.69 Å². The monoisotopic (exact) mass is 538 g/mol. The molecule has 0 saturated heterocycles. The maximum absolute atomic E-state index is 14.4. The van der Waals surface area contributed by atoms with Crippen LogP contribution in [0, 0.1) is 23.6 Å². The summed E-state index contributed by atoms with van der Waals surface area (Å²) in [6, 6.07) is 17.9. The van der Waals surface area contributed by atoms with Gasteiger partial charge < -0.3 is 14.8 Å². The molecule has 2 heterocycles. The second kappa shape index (κ2) is 8.95. The van der Waals surface area contributed by atoms with Crippen LogP contribution in [0.3, 0.4) is 0 Å². The molecule has 3 aromatic rings. The molecule has 1 unspecified atom stereocenters. The topological polar surface area (TPSA) is 57.6 Å². The molecule has 1 atom stereocenters. The highest BCUT2D eigenvalue weighted by molar-refractivity contribution is 6.00. The van der Waals surface area contributed by atoms with Crippen LogP contribution in [-0.2, 0) is 4.79 Å². The molecule has 9 rings (SSSR count). The van der Waals surface area contributed by atoms with Gasteiger partial charge in [-0.3, -0.25) is 9.69 Å². The van der Waals surface area contributed by atoms with Gasteiger partial charge in [-0.25, -0.2) is 9.18 Å². The third-order valence-electron chi connectivity index (χ3n) is 10.1. The maximum atomic E-state index is 14.4. The van der Waals surface area contributed by atoms with Crippen LogP contribution in [0.25, 0.3) is 5.69 Å². The molecule has 7 heteroatoms.